The lowest BCUT2D eigenvalue weighted by Gasteiger charge is -2.22. The molecule has 2 rings (SSSR count). The van der Waals surface area contributed by atoms with E-state index >= 15 is 0 Å². The molecule has 0 saturated carbocycles. The number of halogens is 1. The number of hydrogen-bond acceptors (Lipinski definition) is 3. The molecule has 0 spiro atoms. The summed E-state index contributed by atoms with van der Waals surface area (Å²) in [7, 11) is 0. The van der Waals surface area contributed by atoms with Gasteiger partial charge in [0.05, 0.1) is 0 Å². The Morgan fingerprint density at radius 3 is 2.88 bits per heavy atom. The Labute approximate surface area is 112 Å². The molecule has 0 N–H and O–H groups in total. The number of anilines is 1. The summed E-state index contributed by atoms with van der Waals surface area (Å²) < 4.78 is 0.885. The summed E-state index contributed by atoms with van der Waals surface area (Å²) in [5.41, 5.74) is 0. The predicted octanol–water partition coefficient (Wildman–Crippen LogP) is 3.56. The van der Waals surface area contributed by atoms with Crippen LogP contribution in [0.4, 0.5) is 5.82 Å². The van der Waals surface area contributed by atoms with Crippen molar-refractivity contribution in [2.45, 2.75) is 39.5 Å². The van der Waals surface area contributed by atoms with Crippen molar-refractivity contribution in [3.8, 4) is 0 Å². The van der Waals surface area contributed by atoms with E-state index < -0.39 is 0 Å². The summed E-state index contributed by atoms with van der Waals surface area (Å²) in [4.78, 5) is 11.2. The van der Waals surface area contributed by atoms with E-state index in [-0.39, 0.29) is 0 Å². The van der Waals surface area contributed by atoms with Crippen molar-refractivity contribution in [1.82, 2.24) is 9.97 Å². The van der Waals surface area contributed by atoms with Gasteiger partial charge in [-0.2, -0.15) is 0 Å². The maximum Gasteiger partial charge on any atom is 0.133 e. The number of aromatic nitrogens is 2. The van der Waals surface area contributed by atoms with E-state index in [0.29, 0.717) is 0 Å². The van der Waals surface area contributed by atoms with Crippen molar-refractivity contribution in [3.63, 3.8) is 0 Å². The van der Waals surface area contributed by atoms with Crippen LogP contribution in [0.15, 0.2) is 10.7 Å². The first-order valence-electron chi connectivity index (χ1n) is 6.45. The highest BCUT2D eigenvalue weighted by atomic mass is 79.9. The van der Waals surface area contributed by atoms with Gasteiger partial charge < -0.3 is 4.90 Å². The summed E-state index contributed by atoms with van der Waals surface area (Å²) in [5.74, 6) is 2.80. The highest BCUT2D eigenvalue weighted by Gasteiger charge is 2.17. The quantitative estimate of drug-likeness (QED) is 0.782. The molecule has 0 bridgehead atoms. The number of hydrogen-bond donors (Lipinski definition) is 0. The Hall–Kier alpha value is -0.640. The first kappa shape index (κ1) is 12.8. The molecule has 0 amide bonds. The van der Waals surface area contributed by atoms with Crippen LogP contribution in [-0.2, 0) is 0 Å². The van der Waals surface area contributed by atoms with Crippen LogP contribution in [0, 0.1) is 12.8 Å². The molecule has 1 aromatic heterocycles. The van der Waals surface area contributed by atoms with Crippen molar-refractivity contribution in [2.24, 2.45) is 5.92 Å². The molecule has 0 radical (unpaired) electrons. The van der Waals surface area contributed by atoms with Gasteiger partial charge in [-0.1, -0.05) is 13.3 Å². The molecule has 0 aromatic carbocycles. The van der Waals surface area contributed by atoms with E-state index in [4.69, 9.17) is 0 Å². The Kier molecular flexibility index (Phi) is 4.37. The molecule has 4 heteroatoms. The summed E-state index contributed by atoms with van der Waals surface area (Å²) in [5, 5.41) is 0. The Bertz CT molecular complexity index is 361. The fourth-order valence-electron chi connectivity index (χ4n) is 2.48. The lowest BCUT2D eigenvalue weighted by Crippen LogP contribution is -2.25. The van der Waals surface area contributed by atoms with E-state index in [9.17, 15) is 0 Å². The van der Waals surface area contributed by atoms with Crippen LogP contribution in [0.1, 0.15) is 38.4 Å². The average Bonchev–Trinajstić information content (AvgIpc) is 2.52. The normalized spacial score (nSPS) is 21.4. The van der Waals surface area contributed by atoms with Crippen molar-refractivity contribution in [3.05, 3.63) is 16.5 Å². The van der Waals surface area contributed by atoms with Gasteiger partial charge >= 0.3 is 0 Å². The third kappa shape index (κ3) is 3.41. The van der Waals surface area contributed by atoms with Crippen LogP contribution < -0.4 is 4.90 Å². The molecule has 0 aliphatic carbocycles. The maximum atomic E-state index is 4.54. The van der Waals surface area contributed by atoms with Gasteiger partial charge in [0.1, 0.15) is 16.2 Å². The fraction of sp³-hybridized carbons (Fsp3) is 0.692. The smallest absolute Gasteiger partial charge is 0.133 e. The van der Waals surface area contributed by atoms with Crippen LogP contribution in [-0.4, -0.2) is 23.1 Å². The molecule has 1 aliphatic heterocycles. The number of aryl methyl sites for hydroxylation is 1. The van der Waals surface area contributed by atoms with Crippen LogP contribution in [0.2, 0.25) is 0 Å². The maximum absolute atomic E-state index is 4.54. The number of rotatable bonds is 2. The first-order chi connectivity index (χ1) is 8.19. The van der Waals surface area contributed by atoms with Gasteiger partial charge in [0, 0.05) is 19.2 Å². The average molecular weight is 298 g/mol. The largest absolute Gasteiger partial charge is 0.356 e. The van der Waals surface area contributed by atoms with Crippen molar-refractivity contribution < 1.29 is 0 Å². The van der Waals surface area contributed by atoms with Gasteiger partial charge in [0.25, 0.3) is 0 Å². The second-order valence-electron chi connectivity index (χ2n) is 4.79. The Morgan fingerprint density at radius 1 is 1.35 bits per heavy atom. The Balaban J connectivity index is 2.11. The molecule has 1 unspecified atom stereocenters. The highest BCUT2D eigenvalue weighted by Crippen LogP contribution is 2.24. The summed E-state index contributed by atoms with van der Waals surface area (Å²) in [6.45, 7) is 6.49. The van der Waals surface area contributed by atoms with E-state index in [1.165, 1.54) is 25.7 Å². The Morgan fingerprint density at radius 2 is 2.18 bits per heavy atom. The van der Waals surface area contributed by atoms with Crippen LogP contribution in [0.25, 0.3) is 0 Å². The van der Waals surface area contributed by atoms with E-state index in [0.717, 1.165) is 35.3 Å². The van der Waals surface area contributed by atoms with Gasteiger partial charge in [-0.3, -0.25) is 0 Å². The third-order valence-electron chi connectivity index (χ3n) is 3.54. The zero-order valence-electron chi connectivity index (χ0n) is 10.6. The monoisotopic (exact) mass is 297 g/mol. The standard InChI is InChI=1S/C13H20BrN3/c1-3-11-5-4-7-17(8-6-11)13-9-12(14)15-10(2)16-13/h9,11H,3-8H2,1-2H3. The molecule has 1 saturated heterocycles. The molecule has 17 heavy (non-hydrogen) atoms. The van der Waals surface area contributed by atoms with Gasteiger partial charge in [-0.05, 0) is 48.0 Å². The van der Waals surface area contributed by atoms with E-state index in [2.05, 4.69) is 37.7 Å². The first-order valence-corrected chi connectivity index (χ1v) is 7.24. The topological polar surface area (TPSA) is 29.0 Å². The SMILES string of the molecule is CCC1CCCN(c2cc(Br)nc(C)n2)CC1. The lowest BCUT2D eigenvalue weighted by atomic mass is 9.98. The molecule has 3 nitrogen and oxygen atoms in total. The molecule has 94 valence electrons. The molecule has 1 fully saturated rings. The lowest BCUT2D eigenvalue weighted by molar-refractivity contribution is 0.459. The minimum Gasteiger partial charge on any atom is -0.356 e. The summed E-state index contributed by atoms with van der Waals surface area (Å²) in [6, 6.07) is 2.03. The highest BCUT2D eigenvalue weighted by molar-refractivity contribution is 9.10. The van der Waals surface area contributed by atoms with Gasteiger partial charge in [-0.15, -0.1) is 0 Å². The van der Waals surface area contributed by atoms with Crippen LogP contribution in [0.5, 0.6) is 0 Å². The minimum absolute atomic E-state index is 0.839. The second kappa shape index (κ2) is 5.80. The van der Waals surface area contributed by atoms with Crippen molar-refractivity contribution in [2.75, 3.05) is 18.0 Å². The third-order valence-corrected chi connectivity index (χ3v) is 3.95. The molecule has 1 atom stereocenters. The molecule has 1 aromatic rings. The molecular weight excluding hydrogens is 278 g/mol. The summed E-state index contributed by atoms with van der Waals surface area (Å²) in [6.07, 6.45) is 5.23. The van der Waals surface area contributed by atoms with Crippen molar-refractivity contribution >= 4 is 21.7 Å². The zero-order chi connectivity index (χ0) is 12.3. The van der Waals surface area contributed by atoms with Crippen LogP contribution >= 0.6 is 15.9 Å². The van der Waals surface area contributed by atoms with Gasteiger partial charge in [0.15, 0.2) is 0 Å². The zero-order valence-corrected chi connectivity index (χ0v) is 12.2. The van der Waals surface area contributed by atoms with E-state index in [1.54, 1.807) is 0 Å². The molecule has 1 aliphatic rings. The minimum atomic E-state index is 0.839. The van der Waals surface area contributed by atoms with Gasteiger partial charge in [-0.25, -0.2) is 9.97 Å². The molecular formula is C13H20BrN3. The van der Waals surface area contributed by atoms with E-state index in [1.807, 2.05) is 13.0 Å². The fourth-order valence-corrected chi connectivity index (χ4v) is 2.94. The summed E-state index contributed by atoms with van der Waals surface area (Å²) >= 11 is 3.45. The second-order valence-corrected chi connectivity index (χ2v) is 5.60. The number of nitrogens with zero attached hydrogens (tertiary/aromatic N) is 3. The van der Waals surface area contributed by atoms with Crippen molar-refractivity contribution in [1.29, 1.82) is 0 Å². The molecule has 2 heterocycles. The van der Waals surface area contributed by atoms with Gasteiger partial charge in [0.2, 0.25) is 0 Å². The van der Waals surface area contributed by atoms with Crippen LogP contribution in [0.3, 0.4) is 0 Å². The predicted molar refractivity (Wildman–Crippen MR) is 74.3 cm³/mol.